The molecule has 2 aromatic rings. The van der Waals surface area contributed by atoms with Crippen LogP contribution < -0.4 is 5.32 Å². The van der Waals surface area contributed by atoms with Crippen molar-refractivity contribution in [3.8, 4) is 0 Å². The van der Waals surface area contributed by atoms with Crippen molar-refractivity contribution in [1.82, 2.24) is 20.0 Å². The molecular weight excluding hydrogens is 280 g/mol. The highest BCUT2D eigenvalue weighted by Gasteiger charge is 2.16. The Kier molecular flexibility index (Phi) is 4.29. The Morgan fingerprint density at radius 2 is 2.14 bits per heavy atom. The molecule has 118 valence electrons. The van der Waals surface area contributed by atoms with E-state index in [9.17, 15) is 4.79 Å². The zero-order valence-corrected chi connectivity index (χ0v) is 13.1. The molecule has 1 aliphatic rings. The van der Waals surface area contributed by atoms with Gasteiger partial charge in [0, 0.05) is 24.8 Å². The Hall–Kier alpha value is -2.08. The van der Waals surface area contributed by atoms with Crippen molar-refractivity contribution < 1.29 is 9.21 Å². The number of aromatic nitrogens is 2. The summed E-state index contributed by atoms with van der Waals surface area (Å²) >= 11 is 0. The maximum Gasteiger partial charge on any atom is 0.287 e. The van der Waals surface area contributed by atoms with E-state index in [1.165, 1.54) is 12.8 Å². The molecule has 2 aromatic heterocycles. The number of nitrogens with one attached hydrogen (secondary N) is 1. The van der Waals surface area contributed by atoms with Crippen molar-refractivity contribution in [2.24, 2.45) is 7.05 Å². The summed E-state index contributed by atoms with van der Waals surface area (Å²) in [6.45, 7) is 5.45. The van der Waals surface area contributed by atoms with Gasteiger partial charge in [-0.1, -0.05) is 0 Å². The summed E-state index contributed by atoms with van der Waals surface area (Å²) in [6, 6.07) is 3.64. The lowest BCUT2D eigenvalue weighted by atomic mass is 10.2. The van der Waals surface area contributed by atoms with E-state index in [1.807, 2.05) is 20.0 Å². The van der Waals surface area contributed by atoms with Crippen LogP contribution in [0.1, 0.15) is 40.4 Å². The maximum absolute atomic E-state index is 12.1. The lowest BCUT2D eigenvalue weighted by Crippen LogP contribution is -2.22. The fourth-order valence-electron chi connectivity index (χ4n) is 2.73. The van der Waals surface area contributed by atoms with Crippen LogP contribution in [0.4, 0.5) is 0 Å². The Labute approximate surface area is 130 Å². The van der Waals surface area contributed by atoms with Crippen molar-refractivity contribution in [3.05, 3.63) is 41.1 Å². The van der Waals surface area contributed by atoms with Crippen molar-refractivity contribution in [1.29, 1.82) is 0 Å². The number of aryl methyl sites for hydroxylation is 1. The minimum absolute atomic E-state index is 0.184. The topological polar surface area (TPSA) is 63.3 Å². The van der Waals surface area contributed by atoms with Gasteiger partial charge in [0.2, 0.25) is 0 Å². The molecule has 0 unspecified atom stereocenters. The molecule has 0 spiro atoms. The van der Waals surface area contributed by atoms with Gasteiger partial charge in [-0.25, -0.2) is 0 Å². The number of hydrogen-bond donors (Lipinski definition) is 1. The van der Waals surface area contributed by atoms with Crippen LogP contribution in [0.5, 0.6) is 0 Å². The number of carbonyl (C=O) groups is 1. The van der Waals surface area contributed by atoms with Gasteiger partial charge in [-0.15, -0.1) is 0 Å². The third-order valence-corrected chi connectivity index (χ3v) is 4.24. The molecule has 1 N–H and O–H groups in total. The first-order valence-corrected chi connectivity index (χ1v) is 7.70. The molecule has 0 bridgehead atoms. The molecule has 0 aromatic carbocycles. The SMILES string of the molecule is Cc1c(CNC(=O)c2ccc(CN3CCCC3)o2)cnn1C. The fraction of sp³-hybridized carbons (Fsp3) is 0.500. The van der Waals surface area contributed by atoms with E-state index in [2.05, 4.69) is 15.3 Å². The molecule has 6 nitrogen and oxygen atoms in total. The number of carbonyl (C=O) groups excluding carboxylic acids is 1. The van der Waals surface area contributed by atoms with Crippen LogP contribution >= 0.6 is 0 Å². The molecular formula is C16H22N4O2. The maximum atomic E-state index is 12.1. The summed E-state index contributed by atoms with van der Waals surface area (Å²) < 4.78 is 7.45. The number of rotatable bonds is 5. The van der Waals surface area contributed by atoms with E-state index >= 15 is 0 Å². The predicted octanol–water partition coefficient (Wildman–Crippen LogP) is 1.85. The van der Waals surface area contributed by atoms with E-state index in [-0.39, 0.29) is 5.91 Å². The Balaban J connectivity index is 1.56. The largest absolute Gasteiger partial charge is 0.455 e. The second-order valence-electron chi connectivity index (χ2n) is 5.81. The molecule has 0 aliphatic carbocycles. The molecule has 0 atom stereocenters. The smallest absolute Gasteiger partial charge is 0.287 e. The normalized spacial score (nSPS) is 15.4. The van der Waals surface area contributed by atoms with Crippen molar-refractivity contribution >= 4 is 5.91 Å². The lowest BCUT2D eigenvalue weighted by Gasteiger charge is -2.11. The van der Waals surface area contributed by atoms with E-state index in [1.54, 1.807) is 16.9 Å². The predicted molar refractivity (Wildman–Crippen MR) is 82.3 cm³/mol. The van der Waals surface area contributed by atoms with Crippen LogP contribution in [0.15, 0.2) is 22.7 Å². The van der Waals surface area contributed by atoms with E-state index < -0.39 is 0 Å². The number of furan rings is 1. The van der Waals surface area contributed by atoms with Crippen LogP contribution in [-0.2, 0) is 20.1 Å². The average Bonchev–Trinajstić information content (AvgIpc) is 3.23. The first-order valence-electron chi connectivity index (χ1n) is 7.70. The van der Waals surface area contributed by atoms with E-state index in [4.69, 9.17) is 4.42 Å². The summed E-state index contributed by atoms with van der Waals surface area (Å²) in [5, 5.41) is 7.04. The van der Waals surface area contributed by atoms with Gasteiger partial charge in [0.1, 0.15) is 5.76 Å². The van der Waals surface area contributed by atoms with Gasteiger partial charge in [0.05, 0.1) is 12.7 Å². The molecule has 3 heterocycles. The standard InChI is InChI=1S/C16H22N4O2/c1-12-13(10-18-19(12)2)9-17-16(21)15-6-5-14(22-15)11-20-7-3-4-8-20/h5-6,10H,3-4,7-9,11H2,1-2H3,(H,17,21). The molecule has 1 fully saturated rings. The molecule has 6 heteroatoms. The van der Waals surface area contributed by atoms with Crippen LogP contribution in [0, 0.1) is 6.92 Å². The third kappa shape index (κ3) is 3.22. The first kappa shape index (κ1) is 14.8. The van der Waals surface area contributed by atoms with Crippen molar-refractivity contribution in [2.75, 3.05) is 13.1 Å². The highest BCUT2D eigenvalue weighted by Crippen LogP contribution is 2.15. The van der Waals surface area contributed by atoms with Gasteiger partial charge in [0.25, 0.3) is 5.91 Å². The van der Waals surface area contributed by atoms with Gasteiger partial charge in [0.15, 0.2) is 5.76 Å². The third-order valence-electron chi connectivity index (χ3n) is 4.24. The monoisotopic (exact) mass is 302 g/mol. The van der Waals surface area contributed by atoms with E-state index in [0.717, 1.165) is 36.7 Å². The van der Waals surface area contributed by atoms with Crippen LogP contribution in [0.25, 0.3) is 0 Å². The average molecular weight is 302 g/mol. The number of nitrogens with zero attached hydrogens (tertiary/aromatic N) is 3. The fourth-order valence-corrected chi connectivity index (χ4v) is 2.73. The summed E-state index contributed by atoms with van der Waals surface area (Å²) in [4.78, 5) is 14.5. The second-order valence-corrected chi connectivity index (χ2v) is 5.81. The van der Waals surface area contributed by atoms with E-state index in [0.29, 0.717) is 12.3 Å². The Morgan fingerprint density at radius 1 is 1.36 bits per heavy atom. The van der Waals surface area contributed by atoms with Gasteiger partial charge in [-0.2, -0.15) is 5.10 Å². The Bertz CT molecular complexity index is 653. The number of hydrogen-bond acceptors (Lipinski definition) is 4. The molecule has 22 heavy (non-hydrogen) atoms. The molecule has 1 amide bonds. The summed E-state index contributed by atoms with van der Waals surface area (Å²) in [7, 11) is 1.89. The lowest BCUT2D eigenvalue weighted by molar-refractivity contribution is 0.0919. The summed E-state index contributed by atoms with van der Waals surface area (Å²) in [5.41, 5.74) is 2.06. The van der Waals surface area contributed by atoms with Crippen LogP contribution in [-0.4, -0.2) is 33.7 Å². The van der Waals surface area contributed by atoms with Crippen molar-refractivity contribution in [3.63, 3.8) is 0 Å². The number of likely N-dealkylation sites (tertiary alicyclic amines) is 1. The minimum Gasteiger partial charge on any atom is -0.455 e. The molecule has 1 saturated heterocycles. The van der Waals surface area contributed by atoms with Gasteiger partial charge < -0.3 is 9.73 Å². The zero-order chi connectivity index (χ0) is 15.5. The van der Waals surface area contributed by atoms with Crippen molar-refractivity contribution in [2.45, 2.75) is 32.9 Å². The summed E-state index contributed by atoms with van der Waals surface area (Å²) in [5.74, 6) is 1.04. The number of amides is 1. The highest BCUT2D eigenvalue weighted by atomic mass is 16.4. The molecule has 3 rings (SSSR count). The van der Waals surface area contributed by atoms with Gasteiger partial charge >= 0.3 is 0 Å². The van der Waals surface area contributed by atoms with Crippen LogP contribution in [0.3, 0.4) is 0 Å². The quantitative estimate of drug-likeness (QED) is 0.915. The second kappa shape index (κ2) is 6.36. The highest BCUT2D eigenvalue weighted by molar-refractivity contribution is 5.91. The molecule has 0 radical (unpaired) electrons. The minimum atomic E-state index is -0.184. The molecule has 0 saturated carbocycles. The molecule has 1 aliphatic heterocycles. The Morgan fingerprint density at radius 3 is 2.82 bits per heavy atom. The van der Waals surface area contributed by atoms with Gasteiger partial charge in [-0.3, -0.25) is 14.4 Å². The zero-order valence-electron chi connectivity index (χ0n) is 13.1. The summed E-state index contributed by atoms with van der Waals surface area (Å²) in [6.07, 6.45) is 4.27. The first-order chi connectivity index (χ1) is 10.6. The van der Waals surface area contributed by atoms with Gasteiger partial charge in [-0.05, 0) is 45.0 Å². The van der Waals surface area contributed by atoms with Crippen LogP contribution in [0.2, 0.25) is 0 Å².